The molecule has 2 aromatic carbocycles. The highest BCUT2D eigenvalue weighted by molar-refractivity contribution is 6.30. The Kier molecular flexibility index (Phi) is 6.89. The Morgan fingerprint density at radius 1 is 0.871 bits per heavy atom. The van der Waals surface area contributed by atoms with Crippen molar-refractivity contribution >= 4 is 23.3 Å². The van der Waals surface area contributed by atoms with Crippen LogP contribution in [0, 0.1) is 0 Å². The maximum Gasteiger partial charge on any atom is 0.257 e. The zero-order valence-electron chi connectivity index (χ0n) is 17.1. The Balaban J connectivity index is 1.32. The lowest BCUT2D eigenvalue weighted by atomic mass is 10.1. The van der Waals surface area contributed by atoms with Crippen molar-refractivity contribution in [2.24, 2.45) is 0 Å². The first kappa shape index (κ1) is 21.0. The smallest absolute Gasteiger partial charge is 0.257 e. The Labute approximate surface area is 187 Å². The molecule has 0 unspecified atom stereocenters. The van der Waals surface area contributed by atoms with E-state index in [4.69, 9.17) is 21.1 Å². The van der Waals surface area contributed by atoms with Crippen LogP contribution in [0.15, 0.2) is 72.9 Å². The van der Waals surface area contributed by atoms with Crippen LogP contribution >= 0.6 is 11.6 Å². The predicted octanol–water partition coefficient (Wildman–Crippen LogP) is 4.16. The van der Waals surface area contributed by atoms with E-state index >= 15 is 0 Å². The average molecular weight is 438 g/mol. The minimum absolute atomic E-state index is 0.0247. The van der Waals surface area contributed by atoms with Gasteiger partial charge in [-0.15, -0.1) is 0 Å². The van der Waals surface area contributed by atoms with Crippen LogP contribution in [-0.4, -0.2) is 55.2 Å². The van der Waals surface area contributed by atoms with Gasteiger partial charge in [0.25, 0.3) is 5.91 Å². The summed E-state index contributed by atoms with van der Waals surface area (Å²) in [5.74, 6) is 2.22. The summed E-state index contributed by atoms with van der Waals surface area (Å²) in [6.07, 6.45) is 1.64. The first-order valence-electron chi connectivity index (χ1n) is 10.3. The van der Waals surface area contributed by atoms with Crippen molar-refractivity contribution in [3.63, 3.8) is 0 Å². The first-order valence-corrected chi connectivity index (χ1v) is 10.6. The number of amides is 1. The van der Waals surface area contributed by atoms with Crippen molar-refractivity contribution < 1.29 is 14.3 Å². The van der Waals surface area contributed by atoms with E-state index in [1.165, 1.54) is 0 Å². The highest BCUT2D eigenvalue weighted by Crippen LogP contribution is 2.22. The number of nitrogens with zero attached hydrogens (tertiary/aromatic N) is 3. The van der Waals surface area contributed by atoms with Gasteiger partial charge in [0, 0.05) is 32.4 Å². The molecule has 0 saturated carbocycles. The van der Waals surface area contributed by atoms with Crippen LogP contribution in [0.4, 0.5) is 5.82 Å². The molecule has 1 aliphatic rings. The van der Waals surface area contributed by atoms with Crippen LogP contribution in [0.1, 0.15) is 10.4 Å². The van der Waals surface area contributed by atoms with Crippen LogP contribution in [0.2, 0.25) is 5.02 Å². The number of rotatable bonds is 7. The molecule has 0 spiro atoms. The van der Waals surface area contributed by atoms with E-state index in [9.17, 15) is 4.79 Å². The van der Waals surface area contributed by atoms with E-state index in [0.717, 1.165) is 11.6 Å². The van der Waals surface area contributed by atoms with Crippen molar-refractivity contribution in [1.29, 1.82) is 0 Å². The third-order valence-electron chi connectivity index (χ3n) is 5.07. The van der Waals surface area contributed by atoms with E-state index in [0.29, 0.717) is 55.7 Å². The summed E-state index contributed by atoms with van der Waals surface area (Å²) >= 11 is 5.92. The quantitative estimate of drug-likeness (QED) is 0.519. The monoisotopic (exact) mass is 437 g/mol. The van der Waals surface area contributed by atoms with E-state index in [2.05, 4.69) is 9.88 Å². The molecule has 0 N–H and O–H groups in total. The summed E-state index contributed by atoms with van der Waals surface area (Å²) in [7, 11) is 0. The highest BCUT2D eigenvalue weighted by Gasteiger charge is 2.24. The molecule has 1 fully saturated rings. The Morgan fingerprint density at radius 2 is 1.58 bits per heavy atom. The molecule has 31 heavy (non-hydrogen) atoms. The van der Waals surface area contributed by atoms with Crippen LogP contribution in [-0.2, 0) is 0 Å². The maximum absolute atomic E-state index is 13.1. The molecule has 6 nitrogen and oxygen atoms in total. The fraction of sp³-hybridized carbons (Fsp3) is 0.250. The number of hydrogen-bond acceptors (Lipinski definition) is 5. The predicted molar refractivity (Wildman–Crippen MR) is 121 cm³/mol. The second kappa shape index (κ2) is 10.2. The number of carbonyl (C=O) groups is 1. The molecule has 0 atom stereocenters. The largest absolute Gasteiger partial charge is 0.490 e. The summed E-state index contributed by atoms with van der Waals surface area (Å²) in [6.45, 7) is 3.43. The van der Waals surface area contributed by atoms with Crippen molar-refractivity contribution in [3.8, 4) is 11.5 Å². The molecule has 0 bridgehead atoms. The number of aromatic nitrogens is 1. The zero-order chi connectivity index (χ0) is 21.5. The Hall–Kier alpha value is -3.25. The van der Waals surface area contributed by atoms with Crippen LogP contribution in [0.25, 0.3) is 0 Å². The average Bonchev–Trinajstić information content (AvgIpc) is 2.83. The van der Waals surface area contributed by atoms with Gasteiger partial charge in [0.1, 0.15) is 30.5 Å². The van der Waals surface area contributed by atoms with Crippen molar-refractivity contribution in [1.82, 2.24) is 9.88 Å². The number of ether oxygens (including phenoxy) is 2. The van der Waals surface area contributed by atoms with Gasteiger partial charge >= 0.3 is 0 Å². The maximum atomic E-state index is 13.1. The number of carbonyl (C=O) groups excluding carboxylic acids is 1. The zero-order valence-corrected chi connectivity index (χ0v) is 17.9. The van der Waals surface area contributed by atoms with Crippen molar-refractivity contribution in [2.75, 3.05) is 44.3 Å². The van der Waals surface area contributed by atoms with Gasteiger partial charge in [-0.3, -0.25) is 4.79 Å². The fourth-order valence-electron chi connectivity index (χ4n) is 3.46. The van der Waals surface area contributed by atoms with Crippen LogP contribution < -0.4 is 14.4 Å². The van der Waals surface area contributed by atoms with Gasteiger partial charge in [-0.05, 0) is 36.4 Å². The number of halogens is 1. The lowest BCUT2D eigenvalue weighted by Gasteiger charge is -2.35. The second-order valence-electron chi connectivity index (χ2n) is 7.12. The third-order valence-corrected chi connectivity index (χ3v) is 5.30. The van der Waals surface area contributed by atoms with Gasteiger partial charge in [-0.1, -0.05) is 41.9 Å². The molecular formula is C24H24ClN3O3. The number of hydrogen-bond donors (Lipinski definition) is 0. The summed E-state index contributed by atoms with van der Waals surface area (Å²) in [5, 5.41) is 0.614. The third kappa shape index (κ3) is 5.47. The highest BCUT2D eigenvalue weighted by atomic mass is 35.5. The summed E-state index contributed by atoms with van der Waals surface area (Å²) in [5.41, 5.74) is 0.570. The van der Waals surface area contributed by atoms with Crippen molar-refractivity contribution in [3.05, 3.63) is 83.5 Å². The van der Waals surface area contributed by atoms with Gasteiger partial charge in [0.2, 0.25) is 0 Å². The molecule has 2 heterocycles. The molecule has 1 saturated heterocycles. The minimum atomic E-state index is -0.0247. The van der Waals surface area contributed by atoms with E-state index in [1.54, 1.807) is 6.20 Å². The Bertz CT molecular complexity index is 990. The molecule has 0 aliphatic carbocycles. The topological polar surface area (TPSA) is 54.9 Å². The molecule has 3 aromatic rings. The van der Waals surface area contributed by atoms with Gasteiger partial charge < -0.3 is 19.3 Å². The summed E-state index contributed by atoms with van der Waals surface area (Å²) < 4.78 is 11.5. The van der Waals surface area contributed by atoms with E-state index in [-0.39, 0.29) is 5.91 Å². The number of anilines is 1. The van der Waals surface area contributed by atoms with Crippen LogP contribution in [0.3, 0.4) is 0 Å². The number of para-hydroxylation sites is 2. The molecule has 160 valence electrons. The number of benzene rings is 2. The van der Waals surface area contributed by atoms with E-state index in [1.807, 2.05) is 71.6 Å². The van der Waals surface area contributed by atoms with Gasteiger partial charge in [0.05, 0.1) is 10.6 Å². The van der Waals surface area contributed by atoms with Gasteiger partial charge in [-0.25, -0.2) is 4.98 Å². The van der Waals surface area contributed by atoms with Gasteiger partial charge in [0.15, 0.2) is 0 Å². The molecule has 1 amide bonds. The molecule has 7 heteroatoms. The van der Waals surface area contributed by atoms with Crippen LogP contribution in [0.5, 0.6) is 11.5 Å². The SMILES string of the molecule is O=C(c1ccccc1OCCOc1ccccc1)N1CCN(c2ccc(Cl)cn2)CC1. The lowest BCUT2D eigenvalue weighted by molar-refractivity contribution is 0.0741. The molecule has 1 aliphatic heterocycles. The molecule has 4 rings (SSSR count). The minimum Gasteiger partial charge on any atom is -0.490 e. The van der Waals surface area contributed by atoms with Crippen molar-refractivity contribution in [2.45, 2.75) is 0 Å². The molecule has 1 aromatic heterocycles. The van der Waals surface area contributed by atoms with Gasteiger partial charge in [-0.2, -0.15) is 0 Å². The standard InChI is InChI=1S/C24H24ClN3O3/c25-19-10-11-23(26-18-19)27-12-14-28(15-13-27)24(29)21-8-4-5-9-22(21)31-17-16-30-20-6-2-1-3-7-20/h1-11,18H,12-17H2. The molecular weight excluding hydrogens is 414 g/mol. The number of pyridine rings is 1. The Morgan fingerprint density at radius 3 is 2.32 bits per heavy atom. The lowest BCUT2D eigenvalue weighted by Crippen LogP contribution is -2.49. The first-order chi connectivity index (χ1) is 15.2. The summed E-state index contributed by atoms with van der Waals surface area (Å²) in [4.78, 5) is 21.5. The molecule has 0 radical (unpaired) electrons. The second-order valence-corrected chi connectivity index (χ2v) is 7.56. The fourth-order valence-corrected chi connectivity index (χ4v) is 3.57. The summed E-state index contributed by atoms with van der Waals surface area (Å²) in [6, 6.07) is 20.7. The number of piperazine rings is 1. The van der Waals surface area contributed by atoms with E-state index < -0.39 is 0 Å². The normalized spacial score (nSPS) is 13.7.